The summed E-state index contributed by atoms with van der Waals surface area (Å²) in [6.45, 7) is 0. The fraction of sp³-hybridized carbons (Fsp3) is 0.417. The summed E-state index contributed by atoms with van der Waals surface area (Å²) in [7, 11) is 0. The molecule has 0 atom stereocenters. The van der Waals surface area contributed by atoms with E-state index in [0.717, 1.165) is 12.8 Å². The van der Waals surface area contributed by atoms with Gasteiger partial charge < -0.3 is 14.5 Å². The predicted molar refractivity (Wildman–Crippen MR) is 59.0 cm³/mol. The summed E-state index contributed by atoms with van der Waals surface area (Å²) in [6, 6.07) is 1.20. The van der Waals surface area contributed by atoms with Gasteiger partial charge in [-0.25, -0.2) is 4.79 Å². The molecule has 1 aliphatic carbocycles. The molecule has 2 N–H and O–H groups in total. The molecule has 1 fully saturated rings. The number of carbonyl (C=O) groups is 1. The van der Waals surface area contributed by atoms with E-state index in [1.165, 1.54) is 6.07 Å². The van der Waals surface area contributed by atoms with E-state index >= 15 is 0 Å². The van der Waals surface area contributed by atoms with Gasteiger partial charge in [0.05, 0.1) is 0 Å². The van der Waals surface area contributed by atoms with Crippen LogP contribution in [0.3, 0.4) is 0 Å². The maximum absolute atomic E-state index is 12.9. The lowest BCUT2D eigenvalue weighted by atomic mass is 10.1. The summed E-state index contributed by atoms with van der Waals surface area (Å²) in [6.07, 6.45) is -2.48. The molecule has 102 valence electrons. The minimum Gasteiger partial charge on any atom is -0.477 e. The molecule has 2 aromatic rings. The average Bonchev–Trinajstić information content (AvgIpc) is 2.87. The molecule has 3 rings (SSSR count). The summed E-state index contributed by atoms with van der Waals surface area (Å²) in [5.41, 5.74) is -0.228. The number of nitrogens with one attached hydrogen (secondary N) is 1. The van der Waals surface area contributed by atoms with Gasteiger partial charge in [-0.15, -0.1) is 0 Å². The standard InChI is InChI=1S/C12H10F3NO3/c13-12(14,15)9-6(3-5-1-2-5)7-4-8(11(17)18)16-10(7)19-9/h4-5,16H,1-3H2,(H,17,18). The van der Waals surface area contributed by atoms with Gasteiger partial charge in [-0.2, -0.15) is 13.2 Å². The van der Waals surface area contributed by atoms with Crippen LogP contribution in [-0.2, 0) is 12.6 Å². The highest BCUT2D eigenvalue weighted by molar-refractivity contribution is 5.93. The summed E-state index contributed by atoms with van der Waals surface area (Å²) in [5.74, 6) is -2.00. The molecule has 0 bridgehead atoms. The lowest BCUT2D eigenvalue weighted by Gasteiger charge is -2.05. The van der Waals surface area contributed by atoms with E-state index in [1.54, 1.807) is 0 Å². The number of aromatic nitrogens is 1. The molecule has 0 spiro atoms. The van der Waals surface area contributed by atoms with Crippen molar-refractivity contribution in [2.24, 2.45) is 5.92 Å². The Balaban J connectivity index is 2.14. The number of alkyl halides is 3. The van der Waals surface area contributed by atoms with Crippen molar-refractivity contribution >= 4 is 17.1 Å². The van der Waals surface area contributed by atoms with E-state index in [4.69, 9.17) is 9.52 Å². The number of H-pyrrole nitrogens is 1. The highest BCUT2D eigenvalue weighted by Gasteiger charge is 2.41. The first-order valence-corrected chi connectivity index (χ1v) is 5.81. The number of fused-ring (bicyclic) bond motifs is 1. The lowest BCUT2D eigenvalue weighted by molar-refractivity contribution is -0.153. The number of aromatic carboxylic acids is 1. The Kier molecular flexibility index (Phi) is 2.42. The van der Waals surface area contributed by atoms with E-state index in [9.17, 15) is 18.0 Å². The molecule has 0 amide bonds. The molecule has 0 unspecified atom stereocenters. The fourth-order valence-corrected chi connectivity index (χ4v) is 2.18. The third-order valence-corrected chi connectivity index (χ3v) is 3.26. The van der Waals surface area contributed by atoms with Crippen LogP contribution in [0.4, 0.5) is 13.2 Å². The van der Waals surface area contributed by atoms with Crippen LogP contribution < -0.4 is 0 Å². The smallest absolute Gasteiger partial charge is 0.449 e. The molecule has 2 heterocycles. The van der Waals surface area contributed by atoms with Gasteiger partial charge in [-0.05, 0) is 31.2 Å². The quantitative estimate of drug-likeness (QED) is 0.900. The Morgan fingerprint density at radius 2 is 2.16 bits per heavy atom. The molecular formula is C12H10F3NO3. The summed E-state index contributed by atoms with van der Waals surface area (Å²) in [5, 5.41) is 9.04. The number of furan rings is 1. The number of carboxylic acid groups (broad SMARTS) is 1. The Bertz CT molecular complexity index is 649. The topological polar surface area (TPSA) is 66.2 Å². The van der Waals surface area contributed by atoms with Crippen molar-refractivity contribution in [2.45, 2.75) is 25.4 Å². The molecule has 1 saturated carbocycles. The van der Waals surface area contributed by atoms with Crippen molar-refractivity contribution in [3.63, 3.8) is 0 Å². The van der Waals surface area contributed by atoms with Crippen LogP contribution >= 0.6 is 0 Å². The molecule has 4 nitrogen and oxygen atoms in total. The molecule has 2 aromatic heterocycles. The van der Waals surface area contributed by atoms with Gasteiger partial charge in [0.25, 0.3) is 0 Å². The van der Waals surface area contributed by atoms with Crippen LogP contribution in [0.25, 0.3) is 11.1 Å². The number of halogens is 3. The zero-order valence-electron chi connectivity index (χ0n) is 9.67. The number of aromatic amines is 1. The van der Waals surface area contributed by atoms with Crippen LogP contribution in [0.5, 0.6) is 0 Å². The van der Waals surface area contributed by atoms with E-state index in [-0.39, 0.29) is 34.7 Å². The van der Waals surface area contributed by atoms with Crippen molar-refractivity contribution in [1.82, 2.24) is 4.98 Å². The van der Waals surface area contributed by atoms with Crippen molar-refractivity contribution in [3.05, 3.63) is 23.1 Å². The maximum atomic E-state index is 12.9. The van der Waals surface area contributed by atoms with E-state index < -0.39 is 17.9 Å². The number of rotatable bonds is 3. The lowest BCUT2D eigenvalue weighted by Crippen LogP contribution is -2.07. The van der Waals surface area contributed by atoms with Crippen molar-refractivity contribution in [2.75, 3.05) is 0 Å². The number of hydrogen-bond acceptors (Lipinski definition) is 2. The van der Waals surface area contributed by atoms with Gasteiger partial charge in [0.15, 0.2) is 0 Å². The van der Waals surface area contributed by atoms with Crippen molar-refractivity contribution in [3.8, 4) is 0 Å². The third-order valence-electron chi connectivity index (χ3n) is 3.26. The molecule has 1 aliphatic rings. The monoisotopic (exact) mass is 273 g/mol. The van der Waals surface area contributed by atoms with Crippen LogP contribution in [0.1, 0.15) is 34.7 Å². The number of carboxylic acids is 1. The second kappa shape index (κ2) is 3.79. The van der Waals surface area contributed by atoms with E-state index in [2.05, 4.69) is 4.98 Å². The van der Waals surface area contributed by atoms with Crippen molar-refractivity contribution in [1.29, 1.82) is 0 Å². The first-order valence-electron chi connectivity index (χ1n) is 5.81. The normalized spacial score (nSPS) is 16.2. The average molecular weight is 273 g/mol. The molecule has 0 aromatic carbocycles. The van der Waals surface area contributed by atoms with E-state index in [0.29, 0.717) is 0 Å². The van der Waals surface area contributed by atoms with Gasteiger partial charge in [-0.3, -0.25) is 0 Å². The molecule has 0 aliphatic heterocycles. The van der Waals surface area contributed by atoms with Gasteiger partial charge in [0.1, 0.15) is 5.69 Å². The Labute approximate surface area is 105 Å². The van der Waals surface area contributed by atoms with Crippen LogP contribution in [-0.4, -0.2) is 16.1 Å². The van der Waals surface area contributed by atoms with Crippen LogP contribution in [0.2, 0.25) is 0 Å². The third kappa shape index (κ3) is 2.09. The van der Waals surface area contributed by atoms with E-state index in [1.807, 2.05) is 0 Å². The summed E-state index contributed by atoms with van der Waals surface area (Å²) >= 11 is 0. The zero-order chi connectivity index (χ0) is 13.8. The second-order valence-corrected chi connectivity index (χ2v) is 4.79. The molecule has 19 heavy (non-hydrogen) atoms. The first-order chi connectivity index (χ1) is 8.86. The van der Waals surface area contributed by atoms with Gasteiger partial charge in [0, 0.05) is 10.9 Å². The summed E-state index contributed by atoms with van der Waals surface area (Å²) < 4.78 is 43.4. The molecule has 7 heteroatoms. The highest BCUT2D eigenvalue weighted by Crippen LogP contribution is 2.42. The fourth-order valence-electron chi connectivity index (χ4n) is 2.18. The predicted octanol–water partition coefficient (Wildman–Crippen LogP) is 3.43. The zero-order valence-corrected chi connectivity index (χ0v) is 9.67. The largest absolute Gasteiger partial charge is 0.477 e. The maximum Gasteiger partial charge on any atom is 0.449 e. The minimum absolute atomic E-state index is 0.0637. The first kappa shape index (κ1) is 12.1. The highest BCUT2D eigenvalue weighted by atomic mass is 19.4. The van der Waals surface area contributed by atoms with Gasteiger partial charge in [0.2, 0.25) is 11.5 Å². The van der Waals surface area contributed by atoms with Crippen molar-refractivity contribution < 1.29 is 27.5 Å². The number of hydrogen-bond donors (Lipinski definition) is 2. The Morgan fingerprint density at radius 3 is 2.68 bits per heavy atom. The Hall–Kier alpha value is -1.92. The SMILES string of the molecule is O=C(O)c1cc2c(CC3CC3)c(C(F)(F)F)oc2[nH]1. The summed E-state index contributed by atoms with van der Waals surface area (Å²) in [4.78, 5) is 13.2. The Morgan fingerprint density at radius 1 is 1.47 bits per heavy atom. The minimum atomic E-state index is -4.56. The second-order valence-electron chi connectivity index (χ2n) is 4.79. The van der Waals surface area contributed by atoms with Crippen LogP contribution in [0.15, 0.2) is 10.5 Å². The molecular weight excluding hydrogens is 263 g/mol. The molecule has 0 saturated heterocycles. The molecule has 0 radical (unpaired) electrons. The van der Waals surface area contributed by atoms with Crippen LogP contribution in [0, 0.1) is 5.92 Å². The van der Waals surface area contributed by atoms with Gasteiger partial charge in [-0.1, -0.05) is 0 Å². The van der Waals surface area contributed by atoms with Gasteiger partial charge >= 0.3 is 12.1 Å².